The number of amides is 4. The third-order valence-corrected chi connectivity index (χ3v) is 4.57. The summed E-state index contributed by atoms with van der Waals surface area (Å²) in [4.78, 5) is 51.6. The smallest absolute Gasteiger partial charge is 0.268 e. The number of nitrogens with two attached hydrogens (primary N) is 1. The Morgan fingerprint density at radius 1 is 1.20 bits per heavy atom. The van der Waals surface area contributed by atoms with Crippen LogP contribution in [0.4, 0.5) is 0 Å². The molecule has 0 aliphatic heterocycles. The zero-order valence-electron chi connectivity index (χ0n) is 16.9. The van der Waals surface area contributed by atoms with E-state index in [0.29, 0.717) is 12.1 Å². The number of carbonyl (C=O) groups is 4. The highest BCUT2D eigenvalue weighted by atomic mass is 35.5. The number of para-hydroxylation sites is 1. The summed E-state index contributed by atoms with van der Waals surface area (Å²) in [5, 5.41) is 4.53. The number of aromatic amines is 1. The first-order valence-electron chi connectivity index (χ1n) is 9.55. The molecule has 0 radical (unpaired) electrons. The lowest BCUT2D eigenvalue weighted by atomic mass is 10.0. The Bertz CT molecular complexity index is 894. The van der Waals surface area contributed by atoms with E-state index in [9.17, 15) is 19.2 Å². The molecule has 0 saturated heterocycles. The SMILES string of the molecule is CC(C)C[C@H](NC(=O)c1cc2ccccc2[nH]1)C(=O)NN(CCC(N)=O)C(=O)CCl. The molecule has 2 aromatic rings. The topological polar surface area (TPSA) is 137 Å². The highest BCUT2D eigenvalue weighted by molar-refractivity contribution is 6.27. The molecule has 0 unspecified atom stereocenters. The van der Waals surface area contributed by atoms with Gasteiger partial charge < -0.3 is 16.0 Å². The van der Waals surface area contributed by atoms with E-state index in [1.807, 2.05) is 38.1 Å². The Hall–Kier alpha value is -3.07. The third-order valence-electron chi connectivity index (χ3n) is 4.35. The summed E-state index contributed by atoms with van der Waals surface area (Å²) in [5.74, 6) is -2.53. The second-order valence-electron chi connectivity index (χ2n) is 7.30. The van der Waals surface area contributed by atoms with E-state index in [1.54, 1.807) is 6.07 Å². The van der Waals surface area contributed by atoms with Gasteiger partial charge in [-0.25, -0.2) is 0 Å². The number of alkyl halides is 1. The zero-order valence-corrected chi connectivity index (χ0v) is 17.7. The summed E-state index contributed by atoms with van der Waals surface area (Å²) < 4.78 is 0. The van der Waals surface area contributed by atoms with Gasteiger partial charge in [-0.1, -0.05) is 32.0 Å². The average molecular weight is 436 g/mol. The maximum absolute atomic E-state index is 12.8. The van der Waals surface area contributed by atoms with E-state index in [2.05, 4.69) is 15.7 Å². The van der Waals surface area contributed by atoms with Crippen molar-refractivity contribution in [1.29, 1.82) is 0 Å². The van der Waals surface area contributed by atoms with Crippen LogP contribution < -0.4 is 16.5 Å². The first-order valence-corrected chi connectivity index (χ1v) is 10.1. The molecule has 9 nitrogen and oxygen atoms in total. The largest absolute Gasteiger partial charge is 0.370 e. The third kappa shape index (κ3) is 6.48. The van der Waals surface area contributed by atoms with Gasteiger partial charge in [-0.3, -0.25) is 29.6 Å². The van der Waals surface area contributed by atoms with Crippen LogP contribution in [0.1, 0.15) is 37.2 Å². The monoisotopic (exact) mass is 435 g/mol. The number of rotatable bonds is 9. The fourth-order valence-corrected chi connectivity index (χ4v) is 3.03. The summed E-state index contributed by atoms with van der Waals surface area (Å²) in [5.41, 5.74) is 8.68. The number of hydrazine groups is 1. The molecule has 0 aliphatic carbocycles. The summed E-state index contributed by atoms with van der Waals surface area (Å²) in [6, 6.07) is 8.23. The van der Waals surface area contributed by atoms with Crippen LogP contribution in [0.25, 0.3) is 10.9 Å². The Kier molecular flexibility index (Phi) is 8.23. The fourth-order valence-electron chi connectivity index (χ4n) is 2.88. The molecule has 0 fully saturated rings. The minimum atomic E-state index is -0.900. The number of carbonyl (C=O) groups excluding carboxylic acids is 4. The number of hydrogen-bond acceptors (Lipinski definition) is 4. The van der Waals surface area contributed by atoms with E-state index in [1.165, 1.54) is 0 Å². The van der Waals surface area contributed by atoms with Crippen LogP contribution in [0.2, 0.25) is 0 Å². The van der Waals surface area contributed by atoms with Gasteiger partial charge in [0, 0.05) is 17.3 Å². The van der Waals surface area contributed by atoms with Crippen molar-refractivity contribution in [3.63, 3.8) is 0 Å². The van der Waals surface area contributed by atoms with E-state index in [-0.39, 0.29) is 24.8 Å². The molecule has 1 heterocycles. The van der Waals surface area contributed by atoms with E-state index < -0.39 is 29.7 Å². The maximum Gasteiger partial charge on any atom is 0.268 e. The van der Waals surface area contributed by atoms with Crippen LogP contribution in [0.15, 0.2) is 30.3 Å². The Labute approximate surface area is 179 Å². The standard InChI is InChI=1S/C20H26ClN5O4/c1-12(2)9-15(20(30)25-26(18(28)11-21)8-7-17(22)27)24-19(29)16-10-13-5-3-4-6-14(13)23-16/h3-6,10,12,15,23H,7-9,11H2,1-2H3,(H2,22,27)(H,24,29)(H,25,30)/t15-/m0/s1. The lowest BCUT2D eigenvalue weighted by Gasteiger charge is -2.26. The van der Waals surface area contributed by atoms with Crippen molar-refractivity contribution in [2.45, 2.75) is 32.7 Å². The van der Waals surface area contributed by atoms with E-state index >= 15 is 0 Å². The first-order chi connectivity index (χ1) is 14.2. The van der Waals surface area contributed by atoms with Crippen LogP contribution in [-0.4, -0.2) is 52.1 Å². The molecule has 2 rings (SSSR count). The van der Waals surface area contributed by atoms with Crippen molar-refractivity contribution in [2.75, 3.05) is 12.4 Å². The number of primary amides is 1. The molecule has 0 bridgehead atoms. The molecular weight excluding hydrogens is 410 g/mol. The van der Waals surface area contributed by atoms with Gasteiger partial charge in [-0.15, -0.1) is 11.6 Å². The summed E-state index contributed by atoms with van der Waals surface area (Å²) in [6.07, 6.45) is 0.204. The highest BCUT2D eigenvalue weighted by Gasteiger charge is 2.26. The highest BCUT2D eigenvalue weighted by Crippen LogP contribution is 2.15. The maximum atomic E-state index is 12.8. The van der Waals surface area contributed by atoms with Crippen molar-refractivity contribution < 1.29 is 19.2 Å². The van der Waals surface area contributed by atoms with Gasteiger partial charge in [0.05, 0.1) is 6.54 Å². The second kappa shape index (κ2) is 10.6. The fraction of sp³-hybridized carbons (Fsp3) is 0.400. The van der Waals surface area contributed by atoms with Crippen LogP contribution in [0.3, 0.4) is 0 Å². The molecule has 10 heteroatoms. The molecule has 5 N–H and O–H groups in total. The van der Waals surface area contributed by atoms with Gasteiger partial charge in [0.2, 0.25) is 5.91 Å². The Morgan fingerprint density at radius 3 is 2.50 bits per heavy atom. The van der Waals surface area contributed by atoms with Crippen LogP contribution in [-0.2, 0) is 14.4 Å². The summed E-state index contributed by atoms with van der Waals surface area (Å²) >= 11 is 5.58. The molecule has 1 aromatic carbocycles. The van der Waals surface area contributed by atoms with Crippen molar-refractivity contribution in [3.8, 4) is 0 Å². The number of nitrogens with one attached hydrogen (secondary N) is 3. The van der Waals surface area contributed by atoms with Gasteiger partial charge in [0.25, 0.3) is 17.7 Å². The van der Waals surface area contributed by atoms with Crippen molar-refractivity contribution in [1.82, 2.24) is 20.7 Å². The number of hydrogen-bond donors (Lipinski definition) is 4. The lowest BCUT2D eigenvalue weighted by molar-refractivity contribution is -0.141. The molecule has 1 atom stereocenters. The summed E-state index contributed by atoms with van der Waals surface area (Å²) in [7, 11) is 0. The molecule has 4 amide bonds. The number of halogens is 1. The van der Waals surface area contributed by atoms with Crippen molar-refractivity contribution in [2.24, 2.45) is 11.7 Å². The molecule has 0 saturated carbocycles. The van der Waals surface area contributed by atoms with Crippen LogP contribution in [0.5, 0.6) is 0 Å². The molecule has 0 spiro atoms. The van der Waals surface area contributed by atoms with E-state index in [4.69, 9.17) is 17.3 Å². The molecule has 162 valence electrons. The Balaban J connectivity index is 2.13. The van der Waals surface area contributed by atoms with Gasteiger partial charge >= 0.3 is 0 Å². The number of fused-ring (bicyclic) bond motifs is 1. The molecular formula is C20H26ClN5O4. The second-order valence-corrected chi connectivity index (χ2v) is 7.56. The number of H-pyrrole nitrogens is 1. The Morgan fingerprint density at radius 2 is 1.90 bits per heavy atom. The first kappa shape index (κ1) is 23.2. The lowest BCUT2D eigenvalue weighted by Crippen LogP contribution is -2.55. The van der Waals surface area contributed by atoms with Crippen molar-refractivity contribution >= 4 is 46.1 Å². The predicted octanol–water partition coefficient (Wildman–Crippen LogP) is 1.29. The van der Waals surface area contributed by atoms with Crippen molar-refractivity contribution in [3.05, 3.63) is 36.0 Å². The minimum absolute atomic E-state index is 0.0894. The van der Waals surface area contributed by atoms with Gasteiger partial charge in [0.1, 0.15) is 17.6 Å². The number of nitrogens with zero attached hydrogens (tertiary/aromatic N) is 1. The molecule has 0 aliphatic rings. The zero-order chi connectivity index (χ0) is 22.3. The molecule has 30 heavy (non-hydrogen) atoms. The van der Waals surface area contributed by atoms with E-state index in [0.717, 1.165) is 15.9 Å². The number of aromatic nitrogens is 1. The van der Waals surface area contributed by atoms with Crippen LogP contribution >= 0.6 is 11.6 Å². The van der Waals surface area contributed by atoms with Gasteiger partial charge in [-0.05, 0) is 24.5 Å². The quantitative estimate of drug-likeness (QED) is 0.348. The number of benzene rings is 1. The molecule has 1 aromatic heterocycles. The minimum Gasteiger partial charge on any atom is -0.370 e. The van der Waals surface area contributed by atoms with Gasteiger partial charge in [-0.2, -0.15) is 0 Å². The average Bonchev–Trinajstić information content (AvgIpc) is 3.13. The normalized spacial score (nSPS) is 11.9. The van der Waals surface area contributed by atoms with Crippen LogP contribution in [0, 0.1) is 5.92 Å². The van der Waals surface area contributed by atoms with Gasteiger partial charge in [0.15, 0.2) is 0 Å². The summed E-state index contributed by atoms with van der Waals surface area (Å²) in [6.45, 7) is 3.70. The predicted molar refractivity (Wildman–Crippen MR) is 113 cm³/mol.